The van der Waals surface area contributed by atoms with Crippen molar-refractivity contribution in [2.24, 2.45) is 5.92 Å². The van der Waals surface area contributed by atoms with Crippen LogP contribution in [-0.4, -0.2) is 72.1 Å². The normalized spacial score (nSPS) is 19.1. The smallest absolute Gasteiger partial charge is 0.309 e. The van der Waals surface area contributed by atoms with Gasteiger partial charge in [-0.2, -0.15) is 0 Å². The average Bonchev–Trinajstić information content (AvgIpc) is 3.38. The molecule has 182 valence electrons. The van der Waals surface area contributed by atoms with E-state index < -0.39 is 6.04 Å². The Morgan fingerprint density at radius 2 is 1.79 bits per heavy atom. The number of amides is 2. The first kappa shape index (κ1) is 23.8. The summed E-state index contributed by atoms with van der Waals surface area (Å²) in [5.41, 5.74) is 0.967. The third-order valence-electron chi connectivity index (χ3n) is 6.58. The van der Waals surface area contributed by atoms with Crippen LogP contribution in [0.15, 0.2) is 34.9 Å². The van der Waals surface area contributed by atoms with Gasteiger partial charge in [0.05, 0.1) is 19.6 Å². The molecule has 0 radical (unpaired) electrons. The lowest BCUT2D eigenvalue weighted by atomic mass is 9.94. The number of methoxy groups -OCH3 is 1. The van der Waals surface area contributed by atoms with Gasteiger partial charge in [-0.15, -0.1) is 0 Å². The molecular formula is C25H31N3O6. The van der Waals surface area contributed by atoms with E-state index in [2.05, 4.69) is 5.16 Å². The van der Waals surface area contributed by atoms with Crippen LogP contribution in [0.5, 0.6) is 5.75 Å². The summed E-state index contributed by atoms with van der Waals surface area (Å²) in [6.45, 7) is 3.64. The van der Waals surface area contributed by atoms with E-state index >= 15 is 0 Å². The van der Waals surface area contributed by atoms with E-state index in [0.717, 1.165) is 24.2 Å². The van der Waals surface area contributed by atoms with Gasteiger partial charge in [0.1, 0.15) is 11.8 Å². The van der Waals surface area contributed by atoms with Crippen LogP contribution in [0.25, 0.3) is 11.3 Å². The number of rotatable bonds is 6. The third kappa shape index (κ3) is 5.08. The van der Waals surface area contributed by atoms with Crippen molar-refractivity contribution in [2.75, 3.05) is 33.4 Å². The van der Waals surface area contributed by atoms with E-state index in [1.165, 1.54) is 0 Å². The number of aromatic nitrogens is 1. The molecule has 0 aliphatic carbocycles. The Morgan fingerprint density at radius 1 is 1.06 bits per heavy atom. The topological polar surface area (TPSA) is 102 Å². The fraction of sp³-hybridized carbons (Fsp3) is 0.520. The van der Waals surface area contributed by atoms with Crippen molar-refractivity contribution in [1.82, 2.24) is 15.0 Å². The molecule has 3 heterocycles. The van der Waals surface area contributed by atoms with Gasteiger partial charge in [-0.3, -0.25) is 14.4 Å². The summed E-state index contributed by atoms with van der Waals surface area (Å²) >= 11 is 0. The standard InChI is InChI=1S/C25H31N3O6/c1-3-33-25(31)18-11-14-27(15-12-18)24(30)21-6-4-5-13-28(21)23(29)20-16-22(34-26-20)17-7-9-19(32-2)10-8-17/h7-10,16,18,21H,3-6,11-15H2,1-2H3/t21-/m0/s1. The van der Waals surface area contributed by atoms with Crippen molar-refractivity contribution < 1.29 is 28.4 Å². The monoisotopic (exact) mass is 469 g/mol. The molecule has 0 N–H and O–H groups in total. The first-order valence-corrected chi connectivity index (χ1v) is 11.9. The van der Waals surface area contributed by atoms with Gasteiger partial charge >= 0.3 is 5.97 Å². The summed E-state index contributed by atoms with van der Waals surface area (Å²) in [6.07, 6.45) is 3.50. The molecule has 2 aromatic rings. The van der Waals surface area contributed by atoms with Gasteiger partial charge in [0, 0.05) is 31.3 Å². The van der Waals surface area contributed by atoms with Crippen molar-refractivity contribution in [3.05, 3.63) is 36.0 Å². The number of piperidine rings is 2. The van der Waals surface area contributed by atoms with Gasteiger partial charge in [-0.1, -0.05) is 5.16 Å². The zero-order valence-corrected chi connectivity index (χ0v) is 19.7. The highest BCUT2D eigenvalue weighted by atomic mass is 16.5. The maximum absolute atomic E-state index is 13.3. The van der Waals surface area contributed by atoms with Gasteiger partial charge in [-0.05, 0) is 63.3 Å². The van der Waals surface area contributed by atoms with Crippen LogP contribution >= 0.6 is 0 Å². The maximum atomic E-state index is 13.3. The number of esters is 1. The fourth-order valence-electron chi connectivity index (χ4n) is 4.65. The molecule has 34 heavy (non-hydrogen) atoms. The summed E-state index contributed by atoms with van der Waals surface area (Å²) in [6, 6.07) is 8.38. The van der Waals surface area contributed by atoms with Crippen molar-refractivity contribution in [3.8, 4) is 17.1 Å². The zero-order chi connectivity index (χ0) is 24.1. The van der Waals surface area contributed by atoms with E-state index in [1.54, 1.807) is 29.9 Å². The molecule has 2 aliphatic rings. The summed E-state index contributed by atoms with van der Waals surface area (Å²) in [4.78, 5) is 42.1. The van der Waals surface area contributed by atoms with Gasteiger partial charge in [0.25, 0.3) is 5.91 Å². The number of likely N-dealkylation sites (tertiary alicyclic amines) is 2. The molecule has 2 aliphatic heterocycles. The minimum atomic E-state index is -0.526. The lowest BCUT2D eigenvalue weighted by molar-refractivity contribution is -0.152. The molecule has 2 fully saturated rings. The van der Waals surface area contributed by atoms with Crippen molar-refractivity contribution in [1.29, 1.82) is 0 Å². The Bertz CT molecular complexity index is 1010. The summed E-state index contributed by atoms with van der Waals surface area (Å²) in [5.74, 6) is 0.479. The second-order valence-electron chi connectivity index (χ2n) is 8.67. The minimum Gasteiger partial charge on any atom is -0.497 e. The number of carbonyl (C=O) groups is 3. The molecule has 9 nitrogen and oxygen atoms in total. The highest BCUT2D eigenvalue weighted by Crippen LogP contribution is 2.27. The van der Waals surface area contributed by atoms with E-state index in [9.17, 15) is 14.4 Å². The Hall–Kier alpha value is -3.36. The Labute approximate surface area is 199 Å². The maximum Gasteiger partial charge on any atom is 0.309 e. The summed E-state index contributed by atoms with van der Waals surface area (Å²) < 4.78 is 15.7. The molecule has 2 saturated heterocycles. The molecule has 4 rings (SSSR count). The number of hydrogen-bond acceptors (Lipinski definition) is 7. The van der Waals surface area contributed by atoms with Crippen LogP contribution in [0.4, 0.5) is 0 Å². The number of nitrogens with zero attached hydrogens (tertiary/aromatic N) is 3. The molecule has 9 heteroatoms. The van der Waals surface area contributed by atoms with Crippen LogP contribution in [0.1, 0.15) is 49.5 Å². The number of ether oxygens (including phenoxy) is 2. The SMILES string of the molecule is CCOC(=O)C1CCN(C(=O)[C@@H]2CCCCN2C(=O)c2cc(-c3ccc(OC)cc3)on2)CC1. The van der Waals surface area contributed by atoms with Crippen molar-refractivity contribution in [3.63, 3.8) is 0 Å². The van der Waals surface area contributed by atoms with Gasteiger partial charge < -0.3 is 23.8 Å². The quantitative estimate of drug-likeness (QED) is 0.599. The average molecular weight is 470 g/mol. The lowest BCUT2D eigenvalue weighted by Crippen LogP contribution is -2.54. The van der Waals surface area contributed by atoms with E-state index in [4.69, 9.17) is 14.0 Å². The highest BCUT2D eigenvalue weighted by molar-refractivity contribution is 5.97. The Morgan fingerprint density at radius 3 is 2.47 bits per heavy atom. The van der Waals surface area contributed by atoms with Gasteiger partial charge in [-0.25, -0.2) is 0 Å². The highest BCUT2D eigenvalue weighted by Gasteiger charge is 2.38. The second-order valence-corrected chi connectivity index (χ2v) is 8.67. The molecule has 0 spiro atoms. The van der Waals surface area contributed by atoms with Crippen LogP contribution in [0.3, 0.4) is 0 Å². The summed E-state index contributed by atoms with van der Waals surface area (Å²) in [5, 5.41) is 3.99. The molecular weight excluding hydrogens is 438 g/mol. The Kier molecular flexibility index (Phi) is 7.49. The first-order valence-electron chi connectivity index (χ1n) is 11.9. The molecule has 0 saturated carbocycles. The van der Waals surface area contributed by atoms with Crippen LogP contribution in [0.2, 0.25) is 0 Å². The van der Waals surface area contributed by atoms with E-state index in [0.29, 0.717) is 51.3 Å². The third-order valence-corrected chi connectivity index (χ3v) is 6.58. The largest absolute Gasteiger partial charge is 0.497 e. The molecule has 1 atom stereocenters. The summed E-state index contributed by atoms with van der Waals surface area (Å²) in [7, 11) is 1.60. The van der Waals surface area contributed by atoms with E-state index in [1.807, 2.05) is 24.3 Å². The zero-order valence-electron chi connectivity index (χ0n) is 19.7. The predicted octanol–water partition coefficient (Wildman–Crippen LogP) is 3.15. The minimum absolute atomic E-state index is 0.0609. The van der Waals surface area contributed by atoms with Gasteiger partial charge in [0.2, 0.25) is 5.91 Å². The molecule has 1 aromatic carbocycles. The molecule has 2 amide bonds. The van der Waals surface area contributed by atoms with E-state index in [-0.39, 0.29) is 29.4 Å². The predicted molar refractivity (Wildman–Crippen MR) is 123 cm³/mol. The number of hydrogen-bond donors (Lipinski definition) is 0. The van der Waals surface area contributed by atoms with Crippen LogP contribution in [0, 0.1) is 5.92 Å². The van der Waals surface area contributed by atoms with Crippen molar-refractivity contribution >= 4 is 17.8 Å². The van der Waals surface area contributed by atoms with Gasteiger partial charge in [0.15, 0.2) is 11.5 Å². The lowest BCUT2D eigenvalue weighted by Gasteiger charge is -2.39. The fourth-order valence-corrected chi connectivity index (χ4v) is 4.65. The number of carbonyl (C=O) groups excluding carboxylic acids is 3. The Balaban J connectivity index is 1.43. The number of benzene rings is 1. The van der Waals surface area contributed by atoms with Crippen molar-refractivity contribution in [2.45, 2.75) is 45.1 Å². The molecule has 0 bridgehead atoms. The first-order chi connectivity index (χ1) is 16.5. The second kappa shape index (κ2) is 10.7. The molecule has 0 unspecified atom stereocenters. The van der Waals surface area contributed by atoms with Crippen LogP contribution in [-0.2, 0) is 14.3 Å². The van der Waals surface area contributed by atoms with Crippen LogP contribution < -0.4 is 4.74 Å². The molecule has 1 aromatic heterocycles.